The van der Waals surface area contributed by atoms with Gasteiger partial charge in [0.1, 0.15) is 12.4 Å². The summed E-state index contributed by atoms with van der Waals surface area (Å²) in [6.45, 7) is 2.08. The van der Waals surface area contributed by atoms with Gasteiger partial charge in [-0.05, 0) is 42.7 Å². The zero-order valence-electron chi connectivity index (χ0n) is 17.8. The first-order valence-corrected chi connectivity index (χ1v) is 10.8. The van der Waals surface area contributed by atoms with Crippen molar-refractivity contribution in [1.82, 2.24) is 10.6 Å². The van der Waals surface area contributed by atoms with Gasteiger partial charge in [-0.3, -0.25) is 4.79 Å². The summed E-state index contributed by atoms with van der Waals surface area (Å²) in [6.07, 6.45) is 2.75. The molecule has 1 aromatic heterocycles. The molecule has 1 saturated heterocycles. The number of amides is 2. The van der Waals surface area contributed by atoms with Crippen LogP contribution >= 0.6 is 0 Å². The van der Waals surface area contributed by atoms with E-state index < -0.39 is 6.09 Å². The molecule has 7 heteroatoms. The average Bonchev–Trinajstić information content (AvgIpc) is 3.36. The van der Waals surface area contributed by atoms with Crippen LogP contribution in [0.2, 0.25) is 0 Å². The Morgan fingerprint density at radius 1 is 0.969 bits per heavy atom. The Morgan fingerprint density at radius 3 is 2.47 bits per heavy atom. The second-order valence-corrected chi connectivity index (χ2v) is 7.75. The lowest BCUT2D eigenvalue weighted by atomic mass is 10.0. The molecule has 1 aliphatic heterocycles. The third kappa shape index (κ3) is 5.69. The number of anilines is 1. The van der Waals surface area contributed by atoms with Crippen LogP contribution in [0.5, 0.6) is 0 Å². The van der Waals surface area contributed by atoms with Crippen LogP contribution in [0.3, 0.4) is 0 Å². The smallest absolute Gasteiger partial charge is 0.407 e. The summed E-state index contributed by atoms with van der Waals surface area (Å²) in [5.41, 5.74) is 2.49. The van der Waals surface area contributed by atoms with E-state index in [2.05, 4.69) is 15.5 Å². The Morgan fingerprint density at radius 2 is 1.72 bits per heavy atom. The van der Waals surface area contributed by atoms with Crippen LogP contribution in [0.25, 0.3) is 0 Å². The zero-order chi connectivity index (χ0) is 22.2. The Bertz CT molecular complexity index is 1010. The fourth-order valence-corrected chi connectivity index (χ4v) is 3.81. The molecule has 0 saturated carbocycles. The van der Waals surface area contributed by atoms with E-state index >= 15 is 0 Å². The number of carbonyl (C=O) groups is 2. The largest absolute Gasteiger partial charge is 0.467 e. The van der Waals surface area contributed by atoms with Crippen molar-refractivity contribution in [2.45, 2.75) is 32.0 Å². The van der Waals surface area contributed by atoms with Crippen molar-refractivity contribution < 1.29 is 18.7 Å². The minimum Gasteiger partial charge on any atom is -0.467 e. The first-order chi connectivity index (χ1) is 15.7. The van der Waals surface area contributed by atoms with Crippen LogP contribution in [0, 0.1) is 0 Å². The lowest BCUT2D eigenvalue weighted by Crippen LogP contribution is -2.45. The summed E-state index contributed by atoms with van der Waals surface area (Å²) in [7, 11) is 0. The third-order valence-corrected chi connectivity index (χ3v) is 5.52. The fraction of sp³-hybridized carbons (Fsp3) is 0.280. The number of hydrogen-bond donors (Lipinski definition) is 2. The molecule has 0 spiro atoms. The molecule has 32 heavy (non-hydrogen) atoms. The van der Waals surface area contributed by atoms with Gasteiger partial charge < -0.3 is 24.7 Å². The van der Waals surface area contributed by atoms with Crippen molar-refractivity contribution in [2.75, 3.05) is 18.0 Å². The molecule has 0 radical (unpaired) electrons. The van der Waals surface area contributed by atoms with Crippen molar-refractivity contribution >= 4 is 17.7 Å². The van der Waals surface area contributed by atoms with Crippen molar-refractivity contribution in [1.29, 1.82) is 0 Å². The van der Waals surface area contributed by atoms with Gasteiger partial charge in [0.25, 0.3) is 5.91 Å². The van der Waals surface area contributed by atoms with Gasteiger partial charge in [0.2, 0.25) is 0 Å². The second-order valence-electron chi connectivity index (χ2n) is 7.75. The lowest BCUT2D eigenvalue weighted by molar-refractivity contribution is 0.0948. The van der Waals surface area contributed by atoms with Crippen LogP contribution in [-0.4, -0.2) is 31.1 Å². The molecular formula is C25H27N3O4. The SMILES string of the molecule is O=C(NC1CCN(c2ccccc2C(=O)NCc2ccco2)CC1)OCc1ccccc1. The zero-order valence-corrected chi connectivity index (χ0v) is 17.8. The number of furan rings is 1. The van der Waals surface area contributed by atoms with E-state index in [9.17, 15) is 9.59 Å². The van der Waals surface area contributed by atoms with Gasteiger partial charge in [0.05, 0.1) is 18.4 Å². The number of piperidine rings is 1. The number of hydrogen-bond acceptors (Lipinski definition) is 5. The van der Waals surface area contributed by atoms with Crippen molar-refractivity contribution in [3.8, 4) is 0 Å². The first-order valence-electron chi connectivity index (χ1n) is 10.8. The maximum absolute atomic E-state index is 12.7. The number of alkyl carbamates (subject to hydrolysis) is 1. The maximum Gasteiger partial charge on any atom is 0.407 e. The molecule has 1 fully saturated rings. The average molecular weight is 434 g/mol. The molecule has 3 aromatic rings. The molecule has 166 valence electrons. The summed E-state index contributed by atoms with van der Waals surface area (Å²) >= 11 is 0. The van der Waals surface area contributed by atoms with Crippen LogP contribution in [0.4, 0.5) is 10.5 Å². The van der Waals surface area contributed by atoms with Crippen LogP contribution in [0.1, 0.15) is 34.5 Å². The monoisotopic (exact) mass is 433 g/mol. The van der Waals surface area contributed by atoms with E-state index in [0.29, 0.717) is 17.9 Å². The maximum atomic E-state index is 12.7. The van der Waals surface area contributed by atoms with Crippen LogP contribution in [-0.2, 0) is 17.9 Å². The highest BCUT2D eigenvalue weighted by Gasteiger charge is 2.24. The van der Waals surface area contributed by atoms with Crippen LogP contribution < -0.4 is 15.5 Å². The van der Waals surface area contributed by atoms with Gasteiger partial charge in [-0.15, -0.1) is 0 Å². The van der Waals surface area contributed by atoms with E-state index in [4.69, 9.17) is 9.15 Å². The summed E-state index contributed by atoms with van der Waals surface area (Å²) in [5.74, 6) is 0.573. The Labute approximate surface area is 187 Å². The highest BCUT2D eigenvalue weighted by atomic mass is 16.5. The normalized spacial score (nSPS) is 14.1. The van der Waals surface area contributed by atoms with Crippen molar-refractivity contribution in [2.24, 2.45) is 0 Å². The molecule has 7 nitrogen and oxygen atoms in total. The highest BCUT2D eigenvalue weighted by Crippen LogP contribution is 2.24. The third-order valence-electron chi connectivity index (χ3n) is 5.52. The predicted molar refractivity (Wildman–Crippen MR) is 121 cm³/mol. The number of benzene rings is 2. The molecule has 0 aliphatic carbocycles. The molecule has 2 N–H and O–H groups in total. The fourth-order valence-electron chi connectivity index (χ4n) is 3.81. The van der Waals surface area contributed by atoms with E-state index in [-0.39, 0.29) is 18.6 Å². The Balaban J connectivity index is 1.27. The number of nitrogens with one attached hydrogen (secondary N) is 2. The molecular weight excluding hydrogens is 406 g/mol. The van der Waals surface area contributed by atoms with Gasteiger partial charge in [-0.25, -0.2) is 4.79 Å². The molecule has 0 atom stereocenters. The first kappa shape index (κ1) is 21.5. The lowest BCUT2D eigenvalue weighted by Gasteiger charge is -2.34. The van der Waals surface area contributed by atoms with Crippen molar-refractivity contribution in [3.05, 3.63) is 89.9 Å². The van der Waals surface area contributed by atoms with E-state index in [1.54, 1.807) is 12.3 Å². The molecule has 0 unspecified atom stereocenters. The predicted octanol–water partition coefficient (Wildman–Crippen LogP) is 4.10. The van der Waals surface area contributed by atoms with E-state index in [1.807, 2.05) is 60.7 Å². The summed E-state index contributed by atoms with van der Waals surface area (Å²) in [6, 6.07) is 20.9. The van der Waals surface area contributed by atoms with Gasteiger partial charge in [-0.1, -0.05) is 42.5 Å². The molecule has 4 rings (SSSR count). The standard InChI is InChI=1S/C25H27N3O4/c29-24(26-17-21-9-6-16-31-21)22-10-4-5-11-23(22)28-14-12-20(13-15-28)27-25(30)32-18-19-7-2-1-3-8-19/h1-11,16,20H,12-15,17-18H2,(H,26,29)(H,27,30). The summed E-state index contributed by atoms with van der Waals surface area (Å²) in [4.78, 5) is 27.1. The number of ether oxygens (including phenoxy) is 1. The minimum absolute atomic E-state index is 0.0504. The topological polar surface area (TPSA) is 83.8 Å². The van der Waals surface area contributed by atoms with E-state index in [1.165, 1.54) is 0 Å². The quantitative estimate of drug-likeness (QED) is 0.586. The number of para-hydroxylation sites is 1. The Kier molecular flexibility index (Phi) is 7.07. The van der Waals surface area contributed by atoms with Crippen molar-refractivity contribution in [3.63, 3.8) is 0 Å². The highest BCUT2D eigenvalue weighted by molar-refractivity contribution is 5.99. The van der Waals surface area contributed by atoms with Gasteiger partial charge in [-0.2, -0.15) is 0 Å². The van der Waals surface area contributed by atoms with Gasteiger partial charge >= 0.3 is 6.09 Å². The number of carbonyl (C=O) groups excluding carboxylic acids is 2. The summed E-state index contributed by atoms with van der Waals surface area (Å²) < 4.78 is 10.6. The van der Waals surface area contributed by atoms with E-state index in [0.717, 1.165) is 37.2 Å². The number of rotatable bonds is 7. The minimum atomic E-state index is -0.398. The molecule has 2 aromatic carbocycles. The van der Waals surface area contributed by atoms with Gasteiger partial charge in [0, 0.05) is 24.8 Å². The number of nitrogens with zero attached hydrogens (tertiary/aromatic N) is 1. The Hall–Kier alpha value is -3.74. The molecule has 2 amide bonds. The molecule has 2 heterocycles. The second kappa shape index (κ2) is 10.5. The molecule has 0 bridgehead atoms. The molecule has 1 aliphatic rings. The van der Waals surface area contributed by atoms with Crippen LogP contribution in [0.15, 0.2) is 77.4 Å². The summed E-state index contributed by atoms with van der Waals surface area (Å²) in [5, 5.41) is 5.87. The van der Waals surface area contributed by atoms with Gasteiger partial charge in [0.15, 0.2) is 0 Å².